The Labute approximate surface area is 147 Å². The van der Waals surface area contributed by atoms with Crippen molar-refractivity contribution in [1.29, 1.82) is 5.26 Å². The number of alkyl halides is 6. The van der Waals surface area contributed by atoms with Crippen molar-refractivity contribution in [1.82, 2.24) is 0 Å². The third-order valence-electron chi connectivity index (χ3n) is 4.79. The summed E-state index contributed by atoms with van der Waals surface area (Å²) in [4.78, 5) is 0. The van der Waals surface area contributed by atoms with Crippen LogP contribution in [0.25, 0.3) is 0 Å². The first-order chi connectivity index (χ1) is 12.5. The monoisotopic (exact) mass is 387 g/mol. The largest absolute Gasteiger partial charge is 0.457 e. The fraction of sp³-hybridized carbons (Fsp3) is 0.278. The lowest BCUT2D eigenvalue weighted by Gasteiger charge is -2.27. The molecular formula is C18H8F7NO. The lowest BCUT2D eigenvalue weighted by molar-refractivity contribution is -0.242. The van der Waals surface area contributed by atoms with E-state index in [0.29, 0.717) is 6.07 Å². The zero-order chi connectivity index (χ0) is 19.8. The second-order valence-electron chi connectivity index (χ2n) is 6.46. The molecule has 140 valence electrons. The van der Waals surface area contributed by atoms with Crippen molar-refractivity contribution >= 4 is 0 Å². The lowest BCUT2D eigenvalue weighted by Crippen LogP contribution is -2.43. The standard InChI is InChI=1S/C18H8F7NO/c19-9-3-8(7-26)4-10(5-9)27-13-2-1-12-14-11(13)6-16(20,21)15(14)18(24,25)17(12,22)23/h1-5,15H,6H2. The van der Waals surface area contributed by atoms with Gasteiger partial charge in [-0.1, -0.05) is 0 Å². The number of hydrogen-bond donors (Lipinski definition) is 0. The van der Waals surface area contributed by atoms with E-state index in [1.807, 2.05) is 0 Å². The van der Waals surface area contributed by atoms with Crippen LogP contribution in [0.3, 0.4) is 0 Å². The normalized spacial score (nSPS) is 23.0. The highest BCUT2D eigenvalue weighted by molar-refractivity contribution is 5.59. The molecule has 0 aliphatic heterocycles. The Morgan fingerprint density at radius 1 is 1.04 bits per heavy atom. The van der Waals surface area contributed by atoms with Crippen LogP contribution in [0.1, 0.15) is 28.2 Å². The molecule has 2 aliphatic carbocycles. The maximum absolute atomic E-state index is 14.2. The number of nitrogens with zero attached hydrogens (tertiary/aromatic N) is 1. The molecule has 0 amide bonds. The lowest BCUT2D eigenvalue weighted by atomic mass is 9.97. The molecule has 0 N–H and O–H groups in total. The van der Waals surface area contributed by atoms with Crippen LogP contribution < -0.4 is 4.74 Å². The van der Waals surface area contributed by atoms with E-state index in [0.717, 1.165) is 24.3 Å². The molecule has 0 bridgehead atoms. The molecule has 2 nitrogen and oxygen atoms in total. The maximum atomic E-state index is 14.2. The van der Waals surface area contributed by atoms with Crippen LogP contribution in [-0.4, -0.2) is 11.8 Å². The van der Waals surface area contributed by atoms with Crippen molar-refractivity contribution in [3.05, 3.63) is 58.4 Å². The molecule has 1 unspecified atom stereocenters. The van der Waals surface area contributed by atoms with Gasteiger partial charge in [-0.15, -0.1) is 0 Å². The Morgan fingerprint density at radius 2 is 1.74 bits per heavy atom. The molecule has 0 saturated heterocycles. The first-order valence-electron chi connectivity index (χ1n) is 7.67. The average molecular weight is 387 g/mol. The van der Waals surface area contributed by atoms with E-state index in [1.54, 1.807) is 6.07 Å². The predicted molar refractivity (Wildman–Crippen MR) is 77.9 cm³/mol. The molecule has 2 aromatic carbocycles. The van der Waals surface area contributed by atoms with Gasteiger partial charge in [-0.2, -0.15) is 22.8 Å². The van der Waals surface area contributed by atoms with Crippen molar-refractivity contribution < 1.29 is 35.5 Å². The molecule has 2 aliphatic rings. The molecule has 0 aromatic heterocycles. The van der Waals surface area contributed by atoms with Crippen LogP contribution >= 0.6 is 0 Å². The second-order valence-corrected chi connectivity index (χ2v) is 6.46. The van der Waals surface area contributed by atoms with E-state index in [1.165, 1.54) is 0 Å². The highest BCUT2D eigenvalue weighted by Gasteiger charge is 2.77. The van der Waals surface area contributed by atoms with Gasteiger partial charge >= 0.3 is 11.8 Å². The van der Waals surface area contributed by atoms with Crippen LogP contribution in [-0.2, 0) is 12.3 Å². The van der Waals surface area contributed by atoms with Gasteiger partial charge in [0, 0.05) is 23.6 Å². The summed E-state index contributed by atoms with van der Waals surface area (Å²) in [5, 5.41) is 8.83. The Kier molecular flexibility index (Phi) is 3.37. The van der Waals surface area contributed by atoms with E-state index in [4.69, 9.17) is 10.00 Å². The number of ether oxygens (including phenoxy) is 1. The smallest absolute Gasteiger partial charge is 0.336 e. The molecule has 0 saturated carbocycles. The minimum absolute atomic E-state index is 0.121. The summed E-state index contributed by atoms with van der Waals surface area (Å²) in [5.74, 6) is -18.2. The van der Waals surface area contributed by atoms with E-state index in [9.17, 15) is 30.7 Å². The highest BCUT2D eigenvalue weighted by Crippen LogP contribution is 2.67. The Hall–Kier alpha value is -2.76. The summed E-state index contributed by atoms with van der Waals surface area (Å²) in [7, 11) is 0. The van der Waals surface area contributed by atoms with E-state index < -0.39 is 52.6 Å². The van der Waals surface area contributed by atoms with E-state index in [2.05, 4.69) is 0 Å². The third-order valence-corrected chi connectivity index (χ3v) is 4.79. The van der Waals surface area contributed by atoms with Gasteiger partial charge in [0.15, 0.2) is 0 Å². The van der Waals surface area contributed by atoms with Gasteiger partial charge in [0.1, 0.15) is 23.2 Å². The predicted octanol–water partition coefficient (Wildman–Crippen LogP) is 5.51. The second kappa shape index (κ2) is 5.15. The van der Waals surface area contributed by atoms with Gasteiger partial charge in [-0.25, -0.2) is 13.2 Å². The van der Waals surface area contributed by atoms with E-state index in [-0.39, 0.29) is 17.1 Å². The number of hydrogen-bond acceptors (Lipinski definition) is 2. The topological polar surface area (TPSA) is 33.0 Å². The van der Waals surface area contributed by atoms with Crippen LogP contribution in [0.15, 0.2) is 30.3 Å². The van der Waals surface area contributed by atoms with Crippen molar-refractivity contribution in [2.45, 2.75) is 30.1 Å². The van der Waals surface area contributed by atoms with E-state index >= 15 is 0 Å². The molecule has 0 radical (unpaired) electrons. The van der Waals surface area contributed by atoms with Gasteiger partial charge in [0.05, 0.1) is 11.6 Å². The molecule has 0 spiro atoms. The summed E-state index contributed by atoms with van der Waals surface area (Å²) >= 11 is 0. The number of halogens is 7. The summed E-state index contributed by atoms with van der Waals surface area (Å²) in [6.07, 6.45) is -1.21. The van der Waals surface area contributed by atoms with Crippen molar-refractivity contribution in [3.8, 4) is 17.6 Å². The van der Waals surface area contributed by atoms with Gasteiger partial charge in [-0.3, -0.25) is 0 Å². The van der Waals surface area contributed by atoms with Gasteiger partial charge < -0.3 is 4.74 Å². The zero-order valence-corrected chi connectivity index (χ0v) is 13.2. The Morgan fingerprint density at radius 3 is 2.41 bits per heavy atom. The number of nitriles is 1. The number of rotatable bonds is 2. The Bertz CT molecular complexity index is 1010. The van der Waals surface area contributed by atoms with Crippen LogP contribution in [0, 0.1) is 17.1 Å². The van der Waals surface area contributed by atoms with Crippen LogP contribution in [0.5, 0.6) is 11.5 Å². The SMILES string of the molecule is N#Cc1cc(F)cc(Oc2ccc3c4c2CC(F)(F)C4C(F)(F)C3(F)F)c1. The fourth-order valence-corrected chi connectivity index (χ4v) is 3.70. The zero-order valence-electron chi connectivity index (χ0n) is 13.2. The Balaban J connectivity index is 1.86. The molecule has 27 heavy (non-hydrogen) atoms. The minimum Gasteiger partial charge on any atom is -0.457 e. The van der Waals surface area contributed by atoms with Crippen molar-refractivity contribution in [2.24, 2.45) is 0 Å². The quantitative estimate of drug-likeness (QED) is 0.637. The molecule has 9 heteroatoms. The fourth-order valence-electron chi connectivity index (χ4n) is 3.70. The first-order valence-corrected chi connectivity index (χ1v) is 7.67. The maximum Gasteiger partial charge on any atom is 0.336 e. The molecule has 2 aromatic rings. The van der Waals surface area contributed by atoms with Gasteiger partial charge in [0.2, 0.25) is 0 Å². The minimum atomic E-state index is -4.95. The highest BCUT2D eigenvalue weighted by atomic mass is 19.3. The summed E-state index contributed by atoms with van der Waals surface area (Å²) in [6.45, 7) is 0. The summed E-state index contributed by atoms with van der Waals surface area (Å²) in [5.41, 5.74) is -2.58. The van der Waals surface area contributed by atoms with Crippen molar-refractivity contribution in [3.63, 3.8) is 0 Å². The van der Waals surface area contributed by atoms with Crippen LogP contribution in [0.4, 0.5) is 30.7 Å². The van der Waals surface area contributed by atoms with Gasteiger partial charge in [-0.05, 0) is 29.8 Å². The van der Waals surface area contributed by atoms with Crippen LogP contribution in [0.2, 0.25) is 0 Å². The third kappa shape index (κ3) is 2.25. The first kappa shape index (κ1) is 17.6. The van der Waals surface area contributed by atoms with Gasteiger partial charge in [0.25, 0.3) is 5.92 Å². The average Bonchev–Trinajstić information content (AvgIpc) is 2.93. The summed E-state index contributed by atoms with van der Waals surface area (Å²) in [6, 6.07) is 6.03. The molecule has 0 heterocycles. The summed E-state index contributed by atoms with van der Waals surface area (Å²) < 4.78 is 103. The molecule has 4 rings (SSSR count). The number of benzene rings is 2. The molecule has 0 fully saturated rings. The molecular weight excluding hydrogens is 379 g/mol. The van der Waals surface area contributed by atoms with Crippen molar-refractivity contribution in [2.75, 3.05) is 0 Å². The molecule has 1 atom stereocenters.